The SMILES string of the molecule is C=CCN1C2C=CC(=O)C1(c1ccccc1)C(C#N)C2. The summed E-state index contributed by atoms with van der Waals surface area (Å²) in [6.07, 6.45) is 6.07. The van der Waals surface area contributed by atoms with Crippen LogP contribution in [0.1, 0.15) is 12.0 Å². The molecule has 1 fully saturated rings. The number of hydrogen-bond acceptors (Lipinski definition) is 3. The second kappa shape index (κ2) is 4.73. The monoisotopic (exact) mass is 264 g/mol. The lowest BCUT2D eigenvalue weighted by atomic mass is 9.76. The molecule has 3 heteroatoms. The lowest BCUT2D eigenvalue weighted by Crippen LogP contribution is -2.54. The Morgan fingerprint density at radius 1 is 1.45 bits per heavy atom. The molecule has 0 amide bonds. The van der Waals surface area contributed by atoms with Gasteiger partial charge in [-0.2, -0.15) is 5.26 Å². The first-order valence-electron chi connectivity index (χ1n) is 6.80. The van der Waals surface area contributed by atoms with Gasteiger partial charge in [0.2, 0.25) is 0 Å². The first-order chi connectivity index (χ1) is 9.75. The summed E-state index contributed by atoms with van der Waals surface area (Å²) in [4.78, 5) is 14.8. The van der Waals surface area contributed by atoms with E-state index in [1.54, 1.807) is 12.2 Å². The highest BCUT2D eigenvalue weighted by molar-refractivity contribution is 6.01. The van der Waals surface area contributed by atoms with Gasteiger partial charge in [0.05, 0.1) is 12.0 Å². The molecule has 2 aliphatic heterocycles. The molecule has 1 aromatic rings. The van der Waals surface area contributed by atoms with Gasteiger partial charge < -0.3 is 0 Å². The van der Waals surface area contributed by atoms with Gasteiger partial charge in [0.25, 0.3) is 0 Å². The maximum Gasteiger partial charge on any atom is 0.181 e. The summed E-state index contributed by atoms with van der Waals surface area (Å²) < 4.78 is 0. The molecular formula is C17H16N2O. The van der Waals surface area contributed by atoms with Crippen LogP contribution in [0.3, 0.4) is 0 Å². The lowest BCUT2D eigenvalue weighted by molar-refractivity contribution is -0.127. The molecular weight excluding hydrogens is 248 g/mol. The third kappa shape index (κ3) is 1.52. The van der Waals surface area contributed by atoms with E-state index in [0.29, 0.717) is 13.0 Å². The molecule has 1 aromatic carbocycles. The zero-order valence-electron chi connectivity index (χ0n) is 11.2. The summed E-state index contributed by atoms with van der Waals surface area (Å²) in [5.74, 6) is -0.316. The second-order valence-electron chi connectivity index (χ2n) is 5.28. The Kier molecular flexibility index (Phi) is 3.04. The van der Waals surface area contributed by atoms with Gasteiger partial charge in [0.1, 0.15) is 5.54 Å². The van der Waals surface area contributed by atoms with Crippen molar-refractivity contribution < 1.29 is 4.79 Å². The van der Waals surface area contributed by atoms with Gasteiger partial charge in [-0.25, -0.2) is 0 Å². The fourth-order valence-corrected chi connectivity index (χ4v) is 3.59. The first-order valence-corrected chi connectivity index (χ1v) is 6.80. The van der Waals surface area contributed by atoms with Crippen molar-refractivity contribution in [2.75, 3.05) is 6.54 Å². The Morgan fingerprint density at radius 2 is 2.20 bits per heavy atom. The lowest BCUT2D eigenvalue weighted by Gasteiger charge is -2.42. The molecule has 3 unspecified atom stereocenters. The molecule has 0 radical (unpaired) electrons. The van der Waals surface area contributed by atoms with Crippen LogP contribution in [0, 0.1) is 17.2 Å². The van der Waals surface area contributed by atoms with E-state index in [2.05, 4.69) is 17.5 Å². The van der Waals surface area contributed by atoms with Crippen molar-refractivity contribution in [3.63, 3.8) is 0 Å². The summed E-state index contributed by atoms with van der Waals surface area (Å²) in [6, 6.07) is 12.1. The predicted molar refractivity (Wildman–Crippen MR) is 76.7 cm³/mol. The van der Waals surface area contributed by atoms with E-state index >= 15 is 0 Å². The zero-order chi connectivity index (χ0) is 14.2. The minimum Gasteiger partial charge on any atom is -0.292 e. The van der Waals surface area contributed by atoms with Crippen LogP contribution >= 0.6 is 0 Å². The number of rotatable bonds is 3. The topological polar surface area (TPSA) is 44.1 Å². The van der Waals surface area contributed by atoms with Crippen LogP contribution in [-0.2, 0) is 10.3 Å². The molecule has 1 saturated heterocycles. The molecule has 3 atom stereocenters. The Labute approximate surface area is 118 Å². The number of nitrogens with zero attached hydrogens (tertiary/aromatic N) is 2. The average molecular weight is 264 g/mol. The number of carbonyl (C=O) groups is 1. The fraction of sp³-hybridized carbons (Fsp3) is 0.294. The van der Waals surface area contributed by atoms with E-state index in [0.717, 1.165) is 5.56 Å². The van der Waals surface area contributed by atoms with Gasteiger partial charge in [0.15, 0.2) is 5.78 Å². The van der Waals surface area contributed by atoms with E-state index in [9.17, 15) is 10.1 Å². The Morgan fingerprint density at radius 3 is 2.85 bits per heavy atom. The summed E-state index contributed by atoms with van der Waals surface area (Å²) in [5, 5.41) is 9.56. The fourth-order valence-electron chi connectivity index (χ4n) is 3.59. The van der Waals surface area contributed by atoms with Crippen molar-refractivity contribution in [3.05, 3.63) is 60.7 Å². The molecule has 0 N–H and O–H groups in total. The van der Waals surface area contributed by atoms with E-state index in [1.165, 1.54) is 0 Å². The largest absolute Gasteiger partial charge is 0.292 e. The minimum absolute atomic E-state index is 0.00542. The summed E-state index contributed by atoms with van der Waals surface area (Å²) in [6.45, 7) is 4.40. The standard InChI is InChI=1S/C17H16N2O/c1-2-10-19-15-8-9-16(20)17(19,14(11-15)12-18)13-6-4-3-5-7-13/h2-9,14-15H,1,10-11H2. The van der Waals surface area contributed by atoms with E-state index < -0.39 is 5.54 Å². The molecule has 2 bridgehead atoms. The molecule has 0 saturated carbocycles. The highest BCUT2D eigenvalue weighted by atomic mass is 16.1. The van der Waals surface area contributed by atoms with Crippen molar-refractivity contribution in [2.45, 2.75) is 18.0 Å². The molecule has 2 heterocycles. The van der Waals surface area contributed by atoms with Gasteiger partial charge in [-0.05, 0) is 18.1 Å². The van der Waals surface area contributed by atoms with E-state index in [-0.39, 0.29) is 17.7 Å². The van der Waals surface area contributed by atoms with Crippen LogP contribution in [0.15, 0.2) is 55.1 Å². The van der Waals surface area contributed by atoms with Gasteiger partial charge in [0, 0.05) is 12.6 Å². The molecule has 100 valence electrons. The first kappa shape index (κ1) is 12.8. The summed E-state index contributed by atoms with van der Waals surface area (Å²) in [7, 11) is 0. The van der Waals surface area contributed by atoms with Crippen molar-refractivity contribution in [3.8, 4) is 6.07 Å². The summed E-state index contributed by atoms with van der Waals surface area (Å²) in [5.41, 5.74) is 0.0640. The smallest absolute Gasteiger partial charge is 0.181 e. The summed E-state index contributed by atoms with van der Waals surface area (Å²) >= 11 is 0. The Balaban J connectivity index is 2.23. The Bertz CT molecular complexity index is 614. The van der Waals surface area contributed by atoms with Crippen molar-refractivity contribution in [1.29, 1.82) is 5.26 Å². The predicted octanol–water partition coefficient (Wildman–Crippen LogP) is 2.42. The van der Waals surface area contributed by atoms with Gasteiger partial charge in [-0.1, -0.05) is 42.5 Å². The molecule has 0 aromatic heterocycles. The molecule has 0 spiro atoms. The van der Waals surface area contributed by atoms with E-state index in [1.807, 2.05) is 36.4 Å². The van der Waals surface area contributed by atoms with Crippen molar-refractivity contribution in [1.82, 2.24) is 4.90 Å². The van der Waals surface area contributed by atoms with E-state index in [4.69, 9.17) is 0 Å². The van der Waals surface area contributed by atoms with Gasteiger partial charge in [-0.15, -0.1) is 6.58 Å². The van der Waals surface area contributed by atoms with Crippen LogP contribution in [0.2, 0.25) is 0 Å². The average Bonchev–Trinajstić information content (AvgIpc) is 2.72. The number of nitriles is 1. The van der Waals surface area contributed by atoms with Crippen LogP contribution in [0.4, 0.5) is 0 Å². The highest BCUT2D eigenvalue weighted by Crippen LogP contribution is 2.49. The Hall–Kier alpha value is -2.18. The van der Waals surface area contributed by atoms with Crippen LogP contribution in [0.25, 0.3) is 0 Å². The number of carbonyl (C=O) groups excluding carboxylic acids is 1. The van der Waals surface area contributed by atoms with Crippen LogP contribution in [0.5, 0.6) is 0 Å². The van der Waals surface area contributed by atoms with Gasteiger partial charge in [-0.3, -0.25) is 9.69 Å². The van der Waals surface area contributed by atoms with Gasteiger partial charge >= 0.3 is 0 Å². The van der Waals surface area contributed by atoms with Crippen molar-refractivity contribution >= 4 is 5.78 Å². The zero-order valence-corrected chi connectivity index (χ0v) is 11.2. The number of benzene rings is 1. The van der Waals surface area contributed by atoms with Crippen molar-refractivity contribution in [2.24, 2.45) is 5.92 Å². The normalized spacial score (nSPS) is 32.0. The van der Waals surface area contributed by atoms with Crippen LogP contribution in [-0.4, -0.2) is 23.3 Å². The third-order valence-electron chi connectivity index (χ3n) is 4.38. The molecule has 0 aliphatic carbocycles. The quantitative estimate of drug-likeness (QED) is 0.787. The molecule has 20 heavy (non-hydrogen) atoms. The second-order valence-corrected chi connectivity index (χ2v) is 5.28. The number of fused-ring (bicyclic) bond motifs is 2. The molecule has 2 aliphatic rings. The number of hydrogen-bond donors (Lipinski definition) is 0. The number of ketones is 1. The maximum atomic E-state index is 12.7. The third-order valence-corrected chi connectivity index (χ3v) is 4.38. The molecule has 3 rings (SSSR count). The van der Waals surface area contributed by atoms with Crippen LogP contribution < -0.4 is 0 Å². The maximum absolute atomic E-state index is 12.7. The minimum atomic E-state index is -0.844. The highest BCUT2D eigenvalue weighted by Gasteiger charge is 2.59. The molecule has 3 nitrogen and oxygen atoms in total.